The fourth-order valence-corrected chi connectivity index (χ4v) is 1.63. The summed E-state index contributed by atoms with van der Waals surface area (Å²) in [6.07, 6.45) is 0. The molecule has 64 valence electrons. The third-order valence-corrected chi connectivity index (χ3v) is 2.44. The summed E-state index contributed by atoms with van der Waals surface area (Å²) in [5.41, 5.74) is 0. The zero-order valence-corrected chi connectivity index (χ0v) is 7.74. The first kappa shape index (κ1) is 9.22. The zero-order chi connectivity index (χ0) is 9.14. The Morgan fingerprint density at radius 3 is 2.67 bits per heavy atom. The summed E-state index contributed by atoms with van der Waals surface area (Å²) in [6.45, 7) is 0. The molecule has 5 heteroatoms. The van der Waals surface area contributed by atoms with Gasteiger partial charge in [-0.25, -0.2) is 4.79 Å². The Hall–Kier alpha value is -0.870. The first-order valence-corrected chi connectivity index (χ1v) is 4.27. The van der Waals surface area contributed by atoms with Crippen molar-refractivity contribution in [3.8, 4) is 0 Å². The van der Waals surface area contributed by atoms with E-state index in [-0.39, 0.29) is 0 Å². The number of carbonyl (C=O) groups excluding carboxylic acids is 2. The minimum Gasteiger partial charge on any atom is -0.463 e. The molecule has 1 aromatic rings. The Balaban J connectivity index is 2.85. The van der Waals surface area contributed by atoms with Gasteiger partial charge in [-0.1, -0.05) is 11.6 Å². The first-order chi connectivity index (χ1) is 5.65. The van der Waals surface area contributed by atoms with Gasteiger partial charge in [-0.3, -0.25) is 4.79 Å². The van der Waals surface area contributed by atoms with Crippen LogP contribution in [0.25, 0.3) is 0 Å². The fraction of sp³-hybridized carbons (Fsp3) is 0.143. The van der Waals surface area contributed by atoms with Crippen LogP contribution in [0, 0.1) is 0 Å². The number of Topliss-reactive ketones (excluding diaryl/α,β-unsaturated/α-hetero) is 1. The van der Waals surface area contributed by atoms with Crippen LogP contribution in [0.3, 0.4) is 0 Å². The number of methoxy groups -OCH3 is 1. The number of esters is 1. The molecule has 0 bridgehead atoms. The molecule has 0 radical (unpaired) electrons. The summed E-state index contributed by atoms with van der Waals surface area (Å²) in [5.74, 6) is -1.53. The Labute approximate surface area is 77.9 Å². The number of halogens is 1. The van der Waals surface area contributed by atoms with Crippen LogP contribution >= 0.6 is 22.9 Å². The summed E-state index contributed by atoms with van der Waals surface area (Å²) in [5, 5.41) is 2.03. The van der Waals surface area contributed by atoms with E-state index in [2.05, 4.69) is 4.74 Å². The SMILES string of the molecule is COC(=O)C(=O)c1cc(Cl)cs1. The Kier molecular flexibility index (Phi) is 2.83. The van der Waals surface area contributed by atoms with E-state index in [1.807, 2.05) is 0 Å². The van der Waals surface area contributed by atoms with E-state index in [0.29, 0.717) is 9.90 Å². The lowest BCUT2D eigenvalue weighted by Gasteiger charge is -1.92. The maximum absolute atomic E-state index is 11.1. The monoisotopic (exact) mass is 204 g/mol. The highest BCUT2D eigenvalue weighted by Gasteiger charge is 2.17. The second kappa shape index (κ2) is 3.69. The van der Waals surface area contributed by atoms with Crippen molar-refractivity contribution in [2.45, 2.75) is 0 Å². The molecule has 12 heavy (non-hydrogen) atoms. The summed E-state index contributed by atoms with van der Waals surface area (Å²) < 4.78 is 4.25. The van der Waals surface area contributed by atoms with Crippen LogP contribution in [0.1, 0.15) is 9.67 Å². The zero-order valence-electron chi connectivity index (χ0n) is 6.17. The minimum atomic E-state index is -0.867. The van der Waals surface area contributed by atoms with E-state index in [4.69, 9.17) is 11.6 Å². The van der Waals surface area contributed by atoms with Gasteiger partial charge in [-0.05, 0) is 6.07 Å². The molecule has 1 rings (SSSR count). The van der Waals surface area contributed by atoms with Crippen molar-refractivity contribution >= 4 is 34.7 Å². The second-order valence-corrected chi connectivity index (χ2v) is 3.30. The Morgan fingerprint density at radius 2 is 2.25 bits per heavy atom. The van der Waals surface area contributed by atoms with Gasteiger partial charge in [0.05, 0.1) is 17.0 Å². The molecule has 0 saturated carbocycles. The first-order valence-electron chi connectivity index (χ1n) is 3.02. The predicted molar refractivity (Wildman–Crippen MR) is 45.7 cm³/mol. The van der Waals surface area contributed by atoms with E-state index in [1.54, 1.807) is 5.38 Å². The van der Waals surface area contributed by atoms with Crippen molar-refractivity contribution in [2.24, 2.45) is 0 Å². The lowest BCUT2D eigenvalue weighted by molar-refractivity contribution is -0.135. The summed E-state index contributed by atoms with van der Waals surface area (Å²) in [6, 6.07) is 1.44. The average Bonchev–Trinajstić information content (AvgIpc) is 2.49. The number of thiophene rings is 1. The molecule has 0 aliphatic heterocycles. The Bertz CT molecular complexity index is 318. The van der Waals surface area contributed by atoms with Gasteiger partial charge in [-0.2, -0.15) is 0 Å². The number of hydrogen-bond acceptors (Lipinski definition) is 4. The number of rotatable bonds is 2. The average molecular weight is 205 g/mol. The molecule has 0 unspecified atom stereocenters. The molecule has 0 aromatic carbocycles. The maximum Gasteiger partial charge on any atom is 0.380 e. The van der Waals surface area contributed by atoms with Crippen LogP contribution in [0.4, 0.5) is 0 Å². The van der Waals surface area contributed by atoms with Gasteiger partial charge in [0.2, 0.25) is 0 Å². The number of hydrogen-bond donors (Lipinski definition) is 0. The number of ketones is 1. The van der Waals surface area contributed by atoms with E-state index in [0.717, 1.165) is 18.4 Å². The lowest BCUT2D eigenvalue weighted by Crippen LogP contribution is -2.13. The third-order valence-electron chi connectivity index (χ3n) is 1.16. The maximum atomic E-state index is 11.1. The highest BCUT2D eigenvalue weighted by molar-refractivity contribution is 7.13. The molecule has 0 spiro atoms. The predicted octanol–water partition coefficient (Wildman–Crippen LogP) is 1.76. The molecule has 0 N–H and O–H groups in total. The molecule has 1 heterocycles. The van der Waals surface area contributed by atoms with Gasteiger partial charge in [0.25, 0.3) is 5.78 Å². The smallest absolute Gasteiger partial charge is 0.380 e. The van der Waals surface area contributed by atoms with Gasteiger partial charge >= 0.3 is 5.97 Å². The van der Waals surface area contributed by atoms with Gasteiger partial charge < -0.3 is 4.74 Å². The van der Waals surface area contributed by atoms with Crippen LogP contribution in [0.2, 0.25) is 5.02 Å². The summed E-state index contributed by atoms with van der Waals surface area (Å²) >= 11 is 6.68. The van der Waals surface area contributed by atoms with E-state index in [9.17, 15) is 9.59 Å². The molecular weight excluding hydrogens is 200 g/mol. The topological polar surface area (TPSA) is 43.4 Å². The quantitative estimate of drug-likeness (QED) is 0.419. The molecule has 0 aliphatic carbocycles. The van der Waals surface area contributed by atoms with Crippen molar-refractivity contribution < 1.29 is 14.3 Å². The van der Waals surface area contributed by atoms with Crippen LogP contribution in [-0.2, 0) is 9.53 Å². The second-order valence-electron chi connectivity index (χ2n) is 1.95. The largest absolute Gasteiger partial charge is 0.463 e. The molecule has 0 amide bonds. The highest BCUT2D eigenvalue weighted by Crippen LogP contribution is 2.19. The molecule has 1 aromatic heterocycles. The minimum absolute atomic E-state index is 0.298. The molecule has 0 atom stereocenters. The standard InChI is InChI=1S/C7H5ClO3S/c1-11-7(10)6(9)5-2-4(8)3-12-5/h2-3H,1H3. The van der Waals surface area contributed by atoms with Crippen molar-refractivity contribution in [1.29, 1.82) is 0 Å². The van der Waals surface area contributed by atoms with E-state index < -0.39 is 11.8 Å². The molecule has 0 aliphatic rings. The van der Waals surface area contributed by atoms with Gasteiger partial charge in [0.1, 0.15) is 0 Å². The lowest BCUT2D eigenvalue weighted by atomic mass is 10.3. The van der Waals surface area contributed by atoms with Gasteiger partial charge in [0, 0.05) is 5.38 Å². The fourth-order valence-electron chi connectivity index (χ4n) is 0.625. The van der Waals surface area contributed by atoms with E-state index >= 15 is 0 Å². The molecule has 0 saturated heterocycles. The highest BCUT2D eigenvalue weighted by atomic mass is 35.5. The van der Waals surface area contributed by atoms with Gasteiger partial charge in [-0.15, -0.1) is 11.3 Å². The van der Waals surface area contributed by atoms with E-state index in [1.165, 1.54) is 6.07 Å². The van der Waals surface area contributed by atoms with Crippen LogP contribution in [0.15, 0.2) is 11.4 Å². The number of ether oxygens (including phenoxy) is 1. The third kappa shape index (κ3) is 1.84. The summed E-state index contributed by atoms with van der Waals surface area (Å²) in [4.78, 5) is 22.1. The normalized spacial score (nSPS) is 9.50. The molecule has 0 fully saturated rings. The van der Waals surface area contributed by atoms with Crippen molar-refractivity contribution in [2.75, 3.05) is 7.11 Å². The summed E-state index contributed by atoms with van der Waals surface area (Å²) in [7, 11) is 1.16. The van der Waals surface area contributed by atoms with Crippen LogP contribution < -0.4 is 0 Å². The molecule has 3 nitrogen and oxygen atoms in total. The van der Waals surface area contributed by atoms with Crippen molar-refractivity contribution in [1.82, 2.24) is 0 Å². The van der Waals surface area contributed by atoms with Crippen LogP contribution in [-0.4, -0.2) is 18.9 Å². The van der Waals surface area contributed by atoms with Crippen molar-refractivity contribution in [3.63, 3.8) is 0 Å². The van der Waals surface area contributed by atoms with Gasteiger partial charge in [0.15, 0.2) is 0 Å². The Morgan fingerprint density at radius 1 is 1.58 bits per heavy atom. The number of carbonyl (C=O) groups is 2. The van der Waals surface area contributed by atoms with Crippen molar-refractivity contribution in [3.05, 3.63) is 21.3 Å². The van der Waals surface area contributed by atoms with Crippen LogP contribution in [0.5, 0.6) is 0 Å². The molecular formula is C7H5ClO3S.